The number of hydrogen-bond donors (Lipinski definition) is 3. The largest absolute Gasteiger partial charge is 0.481 e. The summed E-state index contributed by atoms with van der Waals surface area (Å²) >= 11 is 12.1. The molecule has 1 aliphatic rings. The van der Waals surface area contributed by atoms with Gasteiger partial charge in [0.25, 0.3) is 11.8 Å². The topological polar surface area (TPSA) is 173 Å². The number of aromatic nitrogens is 1. The van der Waals surface area contributed by atoms with Crippen LogP contribution in [-0.2, 0) is 30.4 Å². The van der Waals surface area contributed by atoms with Crippen molar-refractivity contribution in [3.05, 3.63) is 112 Å². The number of esters is 1. The third-order valence-corrected chi connectivity index (χ3v) is 8.97. The minimum atomic E-state index is -1.73. The van der Waals surface area contributed by atoms with Gasteiger partial charge in [0.2, 0.25) is 5.60 Å². The van der Waals surface area contributed by atoms with E-state index in [1.54, 1.807) is 48.7 Å². The Morgan fingerprint density at radius 1 is 0.922 bits per heavy atom. The molecule has 5 rings (SSSR count). The molecule has 0 spiro atoms. The van der Waals surface area contributed by atoms with Gasteiger partial charge in [-0.3, -0.25) is 24.2 Å². The number of carbonyl (C=O) groups excluding carboxylic acids is 4. The van der Waals surface area contributed by atoms with E-state index in [1.165, 1.54) is 18.2 Å². The van der Waals surface area contributed by atoms with E-state index in [9.17, 15) is 29.1 Å². The molecule has 3 aromatic carbocycles. The zero-order chi connectivity index (χ0) is 36.7. The first kappa shape index (κ1) is 36.9. The fraction of sp³-hybridized carbons (Fsp3) is 0.270. The number of nitrogens with zero attached hydrogens (tertiary/aromatic N) is 2. The molecule has 0 radical (unpaired) electrons. The lowest BCUT2D eigenvalue weighted by atomic mass is 9.84. The maximum Gasteiger partial charge on any atom is 0.341 e. The van der Waals surface area contributed by atoms with Gasteiger partial charge in [0.05, 0.1) is 33.8 Å². The zero-order valence-corrected chi connectivity index (χ0v) is 29.1. The molecule has 14 heteroatoms. The predicted octanol–water partition coefficient (Wildman–Crippen LogP) is 5.44. The fourth-order valence-electron chi connectivity index (χ4n) is 5.75. The predicted molar refractivity (Wildman–Crippen MR) is 190 cm³/mol. The molecule has 4 aromatic rings. The lowest BCUT2D eigenvalue weighted by Gasteiger charge is -2.29. The first-order chi connectivity index (χ1) is 24.4. The standard InChI is InChI=1S/C37H34Cl2N4O8/c1-21(2)32(42-34(47)33-24-12-7-6-11-23(24)15-16-40-33)28-19-37(51-43-28,18-22-9-4-3-5-10-22)36(49)41-27(17-30(45)46)29(44)20-50-35(48)31-25(38)13-8-14-26(31)39/h3-16,21,27,32H,17-20H2,1-2H3,(H,41,49)(H,42,47)(H,45,46)/t27-,32?,37?/m0/s1. The number of carbonyl (C=O) groups is 5. The minimum Gasteiger partial charge on any atom is -0.481 e. The van der Waals surface area contributed by atoms with Crippen molar-refractivity contribution in [1.82, 2.24) is 15.6 Å². The molecule has 264 valence electrons. The number of ketones is 1. The lowest BCUT2D eigenvalue weighted by Crippen LogP contribution is -2.55. The number of rotatable bonds is 14. The van der Waals surface area contributed by atoms with Crippen LogP contribution in [0.5, 0.6) is 0 Å². The Morgan fingerprint density at radius 2 is 1.61 bits per heavy atom. The second-order valence-corrected chi connectivity index (χ2v) is 13.2. The van der Waals surface area contributed by atoms with Crippen LogP contribution in [0, 0.1) is 5.92 Å². The number of benzene rings is 3. The summed E-state index contributed by atoms with van der Waals surface area (Å²) in [7, 11) is 0. The maximum absolute atomic E-state index is 14.2. The van der Waals surface area contributed by atoms with Crippen molar-refractivity contribution in [3.63, 3.8) is 0 Å². The Balaban J connectivity index is 1.36. The third kappa shape index (κ3) is 8.70. The Kier molecular flexibility index (Phi) is 11.7. The highest BCUT2D eigenvalue weighted by Gasteiger charge is 2.49. The van der Waals surface area contributed by atoms with E-state index in [4.69, 9.17) is 32.8 Å². The van der Waals surface area contributed by atoms with Crippen LogP contribution in [0.3, 0.4) is 0 Å². The summed E-state index contributed by atoms with van der Waals surface area (Å²) in [6, 6.07) is 20.1. The zero-order valence-electron chi connectivity index (χ0n) is 27.6. The number of oxime groups is 1. The Morgan fingerprint density at radius 3 is 2.29 bits per heavy atom. The van der Waals surface area contributed by atoms with E-state index in [1.807, 2.05) is 32.0 Å². The molecule has 0 aliphatic carbocycles. The van der Waals surface area contributed by atoms with Crippen LogP contribution in [0.1, 0.15) is 53.1 Å². The van der Waals surface area contributed by atoms with Crippen molar-refractivity contribution in [2.75, 3.05) is 6.61 Å². The quantitative estimate of drug-likeness (QED) is 0.143. The number of hydrogen-bond acceptors (Lipinski definition) is 9. The second kappa shape index (κ2) is 16.1. The number of fused-ring (bicyclic) bond motifs is 1. The van der Waals surface area contributed by atoms with Crippen LogP contribution in [-0.4, -0.2) is 69.6 Å². The van der Waals surface area contributed by atoms with E-state index >= 15 is 0 Å². The van der Waals surface area contributed by atoms with Crippen LogP contribution in [0.15, 0.2) is 90.2 Å². The highest BCUT2D eigenvalue weighted by molar-refractivity contribution is 6.39. The molecule has 3 atom stereocenters. The molecule has 0 fully saturated rings. The molecule has 2 amide bonds. The average molecular weight is 734 g/mol. The van der Waals surface area contributed by atoms with Crippen molar-refractivity contribution in [1.29, 1.82) is 0 Å². The summed E-state index contributed by atoms with van der Waals surface area (Å²) in [6.45, 7) is 2.87. The van der Waals surface area contributed by atoms with Crippen molar-refractivity contribution < 1.29 is 38.7 Å². The van der Waals surface area contributed by atoms with Gasteiger partial charge in [-0.2, -0.15) is 0 Å². The van der Waals surface area contributed by atoms with Crippen LogP contribution in [0.4, 0.5) is 0 Å². The number of Topliss-reactive ketones (excluding diaryl/α,β-unsaturated/α-hetero) is 1. The number of carboxylic acid groups (broad SMARTS) is 1. The van der Waals surface area contributed by atoms with E-state index in [0.717, 1.165) is 5.39 Å². The monoisotopic (exact) mass is 732 g/mol. The molecule has 1 aromatic heterocycles. The minimum absolute atomic E-state index is 0.00310. The van der Waals surface area contributed by atoms with Gasteiger partial charge in [0.15, 0.2) is 12.4 Å². The van der Waals surface area contributed by atoms with Crippen molar-refractivity contribution in [2.24, 2.45) is 11.1 Å². The van der Waals surface area contributed by atoms with E-state index in [2.05, 4.69) is 20.8 Å². The molecule has 0 saturated heterocycles. The lowest BCUT2D eigenvalue weighted by molar-refractivity contribution is -0.148. The number of pyridine rings is 1. The number of aliphatic carboxylic acids is 1. The highest BCUT2D eigenvalue weighted by Crippen LogP contribution is 2.32. The Labute approximate surface area is 303 Å². The van der Waals surface area contributed by atoms with Crippen LogP contribution >= 0.6 is 23.2 Å². The third-order valence-electron chi connectivity index (χ3n) is 8.34. The summed E-state index contributed by atoms with van der Waals surface area (Å²) < 4.78 is 5.12. The van der Waals surface area contributed by atoms with Crippen molar-refractivity contribution in [3.8, 4) is 0 Å². The van der Waals surface area contributed by atoms with Crippen LogP contribution in [0.2, 0.25) is 10.0 Å². The molecule has 51 heavy (non-hydrogen) atoms. The van der Waals surface area contributed by atoms with E-state index in [0.29, 0.717) is 16.7 Å². The molecule has 0 bridgehead atoms. The number of amides is 2. The van der Waals surface area contributed by atoms with E-state index in [-0.39, 0.29) is 40.1 Å². The first-order valence-corrected chi connectivity index (χ1v) is 16.7. The molecule has 2 heterocycles. The smallest absolute Gasteiger partial charge is 0.341 e. The van der Waals surface area contributed by atoms with Gasteiger partial charge in [0, 0.05) is 24.4 Å². The number of carboxylic acids is 1. The number of ether oxygens (including phenoxy) is 1. The van der Waals surface area contributed by atoms with E-state index < -0.39 is 60.2 Å². The van der Waals surface area contributed by atoms with Gasteiger partial charge in [-0.25, -0.2) is 4.79 Å². The first-order valence-electron chi connectivity index (χ1n) is 16.0. The summed E-state index contributed by atoms with van der Waals surface area (Å²) in [4.78, 5) is 75.7. The van der Waals surface area contributed by atoms with Crippen LogP contribution < -0.4 is 10.6 Å². The maximum atomic E-state index is 14.2. The van der Waals surface area contributed by atoms with Gasteiger partial charge in [-0.1, -0.05) is 103 Å². The molecular formula is C37H34Cl2N4O8. The highest BCUT2D eigenvalue weighted by atomic mass is 35.5. The van der Waals surface area contributed by atoms with Gasteiger partial charge in [-0.15, -0.1) is 0 Å². The summed E-state index contributed by atoms with van der Waals surface area (Å²) in [5.74, 6) is -4.76. The molecule has 12 nitrogen and oxygen atoms in total. The average Bonchev–Trinajstić information content (AvgIpc) is 3.53. The summed E-state index contributed by atoms with van der Waals surface area (Å²) in [5, 5.41) is 20.9. The normalized spacial score (nSPS) is 16.5. The second-order valence-electron chi connectivity index (χ2n) is 12.3. The SMILES string of the molecule is CC(C)C(NC(=O)c1nccc2ccccc12)C1=NOC(Cc2ccccc2)(C(=O)N[C@@H](CC(=O)O)C(=O)COC(=O)c2c(Cl)cccc2Cl)C1. The van der Waals surface area contributed by atoms with Gasteiger partial charge >= 0.3 is 11.9 Å². The molecule has 1 aliphatic heterocycles. The number of halogens is 2. The summed E-state index contributed by atoms with van der Waals surface area (Å²) in [6.07, 6.45) is 0.625. The van der Waals surface area contributed by atoms with Gasteiger partial charge in [0.1, 0.15) is 11.7 Å². The van der Waals surface area contributed by atoms with Crippen molar-refractivity contribution >= 4 is 69.2 Å². The molecule has 3 N–H and O–H groups in total. The van der Waals surface area contributed by atoms with Gasteiger partial charge in [-0.05, 0) is 35.1 Å². The van der Waals surface area contributed by atoms with Crippen molar-refractivity contribution in [2.45, 2.75) is 50.8 Å². The molecule has 0 saturated carbocycles. The fourth-order valence-corrected chi connectivity index (χ4v) is 6.30. The Bertz CT molecular complexity index is 1980. The van der Waals surface area contributed by atoms with Crippen LogP contribution in [0.25, 0.3) is 10.8 Å². The molecule has 2 unspecified atom stereocenters. The summed E-state index contributed by atoms with van der Waals surface area (Å²) in [5.41, 5.74) is -0.622. The van der Waals surface area contributed by atoms with Gasteiger partial charge < -0.3 is 25.3 Å². The Hall–Kier alpha value is -5.33. The molecular weight excluding hydrogens is 699 g/mol. The number of nitrogens with one attached hydrogen (secondary N) is 2.